The first-order valence-corrected chi connectivity index (χ1v) is 5.30. The van der Waals surface area contributed by atoms with E-state index in [1.54, 1.807) is 36.4 Å². The van der Waals surface area contributed by atoms with Crippen LogP contribution in [0.25, 0.3) is 11.1 Å². The van der Waals surface area contributed by atoms with E-state index in [0.29, 0.717) is 11.3 Å². The van der Waals surface area contributed by atoms with Crippen LogP contribution in [0, 0.1) is 11.3 Å². The lowest BCUT2D eigenvalue weighted by molar-refractivity contribution is 0.210. The normalized spacial score (nSPS) is 9.50. The van der Waals surface area contributed by atoms with Crippen LogP contribution >= 0.6 is 0 Å². The van der Waals surface area contributed by atoms with Crippen LogP contribution in [0.3, 0.4) is 0 Å². The first-order chi connectivity index (χ1) is 8.70. The number of hydrogen-bond donors (Lipinski definition) is 2. The van der Waals surface area contributed by atoms with Gasteiger partial charge in [-0.05, 0) is 23.8 Å². The van der Waals surface area contributed by atoms with E-state index < -0.39 is 6.09 Å². The van der Waals surface area contributed by atoms with Gasteiger partial charge in [-0.2, -0.15) is 5.26 Å². The zero-order chi connectivity index (χ0) is 13.0. The number of para-hydroxylation sites is 1. The van der Waals surface area contributed by atoms with Gasteiger partial charge in [-0.1, -0.05) is 30.3 Å². The lowest BCUT2D eigenvalue weighted by atomic mass is 10.0. The highest BCUT2D eigenvalue weighted by Crippen LogP contribution is 2.27. The van der Waals surface area contributed by atoms with Crippen molar-refractivity contribution in [2.24, 2.45) is 0 Å². The molecule has 0 atom stereocenters. The molecule has 4 nitrogen and oxygen atoms in total. The Morgan fingerprint density at radius 1 is 1.11 bits per heavy atom. The molecule has 0 aromatic heterocycles. The Labute approximate surface area is 104 Å². The van der Waals surface area contributed by atoms with Crippen molar-refractivity contribution in [2.45, 2.75) is 0 Å². The van der Waals surface area contributed by atoms with Gasteiger partial charge in [0.05, 0.1) is 17.3 Å². The highest BCUT2D eigenvalue weighted by atomic mass is 16.4. The number of anilines is 1. The Morgan fingerprint density at radius 2 is 1.78 bits per heavy atom. The lowest BCUT2D eigenvalue weighted by Crippen LogP contribution is -2.08. The Kier molecular flexibility index (Phi) is 3.26. The van der Waals surface area contributed by atoms with E-state index in [1.165, 1.54) is 0 Å². The van der Waals surface area contributed by atoms with Crippen LogP contribution in [0.2, 0.25) is 0 Å². The summed E-state index contributed by atoms with van der Waals surface area (Å²) in [6, 6.07) is 16.1. The summed E-state index contributed by atoms with van der Waals surface area (Å²) in [6.07, 6.45) is -1.10. The van der Waals surface area contributed by atoms with Crippen LogP contribution in [0.1, 0.15) is 5.56 Å². The summed E-state index contributed by atoms with van der Waals surface area (Å²) in [4.78, 5) is 10.7. The first-order valence-electron chi connectivity index (χ1n) is 5.30. The van der Waals surface area contributed by atoms with Crippen LogP contribution in [0.5, 0.6) is 0 Å². The topological polar surface area (TPSA) is 73.1 Å². The molecule has 4 heteroatoms. The van der Waals surface area contributed by atoms with Gasteiger partial charge in [0, 0.05) is 5.56 Å². The average Bonchev–Trinajstić information content (AvgIpc) is 2.39. The predicted octanol–water partition coefficient (Wildman–Crippen LogP) is 3.32. The SMILES string of the molecule is N#Cc1ccc(-c2ccccc2NC(=O)O)cc1. The minimum absolute atomic E-state index is 0.523. The van der Waals surface area contributed by atoms with Crippen molar-refractivity contribution in [3.8, 4) is 17.2 Å². The third-order valence-electron chi connectivity index (χ3n) is 2.49. The molecule has 2 aromatic carbocycles. The third kappa shape index (κ3) is 2.47. The molecule has 0 unspecified atom stereocenters. The molecule has 2 aromatic rings. The first kappa shape index (κ1) is 11.7. The van der Waals surface area contributed by atoms with Crippen molar-refractivity contribution in [3.05, 3.63) is 54.1 Å². The average molecular weight is 238 g/mol. The van der Waals surface area contributed by atoms with Crippen LogP contribution in [0.4, 0.5) is 10.5 Å². The molecule has 18 heavy (non-hydrogen) atoms. The molecule has 0 saturated carbocycles. The van der Waals surface area contributed by atoms with Gasteiger partial charge in [0.15, 0.2) is 0 Å². The summed E-state index contributed by atoms with van der Waals surface area (Å²) < 4.78 is 0. The van der Waals surface area contributed by atoms with Gasteiger partial charge < -0.3 is 5.11 Å². The number of amides is 1. The fourth-order valence-corrected chi connectivity index (χ4v) is 1.68. The number of benzene rings is 2. The fraction of sp³-hybridized carbons (Fsp3) is 0. The summed E-state index contributed by atoms with van der Waals surface area (Å²) in [6.45, 7) is 0. The lowest BCUT2D eigenvalue weighted by Gasteiger charge is -2.09. The smallest absolute Gasteiger partial charge is 0.409 e. The van der Waals surface area contributed by atoms with Gasteiger partial charge in [-0.3, -0.25) is 5.32 Å². The van der Waals surface area contributed by atoms with Gasteiger partial charge in [0.1, 0.15) is 0 Å². The van der Waals surface area contributed by atoms with E-state index >= 15 is 0 Å². The monoisotopic (exact) mass is 238 g/mol. The Hall–Kier alpha value is -2.80. The molecule has 0 fully saturated rings. The molecule has 0 bridgehead atoms. The number of nitriles is 1. The number of nitrogens with zero attached hydrogens (tertiary/aromatic N) is 1. The summed E-state index contributed by atoms with van der Waals surface area (Å²) in [5.41, 5.74) is 2.74. The van der Waals surface area contributed by atoms with Crippen molar-refractivity contribution in [2.75, 3.05) is 5.32 Å². The minimum Gasteiger partial charge on any atom is -0.465 e. The number of nitrogens with one attached hydrogen (secondary N) is 1. The molecular weight excluding hydrogens is 228 g/mol. The maximum Gasteiger partial charge on any atom is 0.409 e. The molecule has 88 valence electrons. The molecule has 0 spiro atoms. The fourth-order valence-electron chi connectivity index (χ4n) is 1.68. The van der Waals surface area contributed by atoms with Crippen LogP contribution in [-0.2, 0) is 0 Å². The molecule has 0 radical (unpaired) electrons. The van der Waals surface area contributed by atoms with Crippen LogP contribution in [0.15, 0.2) is 48.5 Å². The second-order valence-corrected chi connectivity index (χ2v) is 3.66. The molecule has 2 rings (SSSR count). The van der Waals surface area contributed by atoms with Gasteiger partial charge in [-0.15, -0.1) is 0 Å². The number of hydrogen-bond acceptors (Lipinski definition) is 2. The van der Waals surface area contributed by atoms with Crippen molar-refractivity contribution < 1.29 is 9.90 Å². The van der Waals surface area contributed by atoms with Gasteiger partial charge in [0.25, 0.3) is 0 Å². The van der Waals surface area contributed by atoms with Gasteiger partial charge in [0.2, 0.25) is 0 Å². The maximum absolute atomic E-state index is 10.7. The molecular formula is C14H10N2O2. The van der Waals surface area contributed by atoms with Crippen molar-refractivity contribution in [1.82, 2.24) is 0 Å². The number of carbonyl (C=O) groups is 1. The van der Waals surface area contributed by atoms with E-state index in [0.717, 1.165) is 11.1 Å². The third-order valence-corrected chi connectivity index (χ3v) is 2.49. The van der Waals surface area contributed by atoms with Crippen LogP contribution in [-0.4, -0.2) is 11.2 Å². The summed E-state index contributed by atoms with van der Waals surface area (Å²) >= 11 is 0. The molecule has 2 N–H and O–H groups in total. The van der Waals surface area contributed by atoms with Crippen molar-refractivity contribution in [3.63, 3.8) is 0 Å². The quantitative estimate of drug-likeness (QED) is 0.842. The molecule has 0 aliphatic carbocycles. The van der Waals surface area contributed by atoms with E-state index in [-0.39, 0.29) is 0 Å². The zero-order valence-electron chi connectivity index (χ0n) is 9.42. The second-order valence-electron chi connectivity index (χ2n) is 3.66. The largest absolute Gasteiger partial charge is 0.465 e. The van der Waals surface area contributed by atoms with E-state index in [1.807, 2.05) is 18.2 Å². The van der Waals surface area contributed by atoms with E-state index in [4.69, 9.17) is 10.4 Å². The standard InChI is InChI=1S/C14H10N2O2/c15-9-10-5-7-11(8-6-10)12-3-1-2-4-13(12)16-14(17)18/h1-8,16H,(H,17,18). The summed E-state index contributed by atoms with van der Waals surface area (Å²) in [5.74, 6) is 0. The molecule has 0 aliphatic heterocycles. The van der Waals surface area contributed by atoms with Crippen molar-refractivity contribution >= 4 is 11.8 Å². The van der Waals surface area contributed by atoms with Crippen molar-refractivity contribution in [1.29, 1.82) is 5.26 Å². The molecule has 0 aliphatic rings. The zero-order valence-corrected chi connectivity index (χ0v) is 9.42. The number of rotatable bonds is 2. The summed E-state index contributed by atoms with van der Waals surface area (Å²) in [7, 11) is 0. The minimum atomic E-state index is -1.10. The highest BCUT2D eigenvalue weighted by Gasteiger charge is 2.06. The molecule has 1 amide bonds. The highest BCUT2D eigenvalue weighted by molar-refractivity contribution is 5.90. The van der Waals surface area contributed by atoms with Gasteiger partial charge >= 0.3 is 6.09 Å². The second kappa shape index (κ2) is 5.02. The molecule has 0 saturated heterocycles. The van der Waals surface area contributed by atoms with E-state index in [2.05, 4.69) is 5.32 Å². The Balaban J connectivity index is 2.43. The maximum atomic E-state index is 10.7. The van der Waals surface area contributed by atoms with Gasteiger partial charge in [-0.25, -0.2) is 4.79 Å². The predicted molar refractivity (Wildman–Crippen MR) is 68.2 cm³/mol. The Morgan fingerprint density at radius 3 is 2.39 bits per heavy atom. The van der Waals surface area contributed by atoms with E-state index in [9.17, 15) is 4.79 Å². The van der Waals surface area contributed by atoms with Crippen LogP contribution < -0.4 is 5.32 Å². The number of carboxylic acid groups (broad SMARTS) is 1. The summed E-state index contributed by atoms with van der Waals surface area (Å²) in [5, 5.41) is 19.9. The Bertz CT molecular complexity index is 612. The molecule has 0 heterocycles.